The summed E-state index contributed by atoms with van der Waals surface area (Å²) in [5.41, 5.74) is 0. The third-order valence-electron chi connectivity index (χ3n) is 4.89. The average Bonchev–Trinajstić information content (AvgIpc) is 3.05. The Bertz CT molecular complexity index is 365. The number of carboxylic acid groups (broad SMARTS) is 1. The van der Waals surface area contributed by atoms with E-state index < -0.39 is 5.97 Å². The van der Waals surface area contributed by atoms with Crippen LogP contribution in [0.25, 0.3) is 0 Å². The highest BCUT2D eigenvalue weighted by atomic mass is 16.4. The zero-order valence-electron chi connectivity index (χ0n) is 10.4. The summed E-state index contributed by atoms with van der Waals surface area (Å²) in [4.78, 5) is 23.4. The van der Waals surface area contributed by atoms with Crippen LogP contribution >= 0.6 is 0 Å². The fraction of sp³-hybridized carbons (Fsp3) is 0.846. The molecule has 100 valence electrons. The van der Waals surface area contributed by atoms with Gasteiger partial charge in [-0.2, -0.15) is 0 Å². The van der Waals surface area contributed by atoms with E-state index in [1.807, 2.05) is 0 Å². The Labute approximate surface area is 106 Å². The van der Waals surface area contributed by atoms with Crippen molar-refractivity contribution in [2.75, 3.05) is 6.54 Å². The van der Waals surface area contributed by atoms with Gasteiger partial charge in [-0.15, -0.1) is 0 Å². The monoisotopic (exact) mass is 252 g/mol. The van der Waals surface area contributed by atoms with E-state index in [4.69, 9.17) is 0 Å². The molecule has 0 aromatic heterocycles. The van der Waals surface area contributed by atoms with Crippen molar-refractivity contribution in [3.8, 4) is 0 Å². The van der Waals surface area contributed by atoms with Crippen LogP contribution in [0.15, 0.2) is 0 Å². The quantitative estimate of drug-likeness (QED) is 0.677. The lowest BCUT2D eigenvalue weighted by molar-refractivity contribution is -0.144. The van der Waals surface area contributed by atoms with Gasteiger partial charge in [-0.05, 0) is 50.5 Å². The highest BCUT2D eigenvalue weighted by Gasteiger charge is 2.51. The van der Waals surface area contributed by atoms with Gasteiger partial charge in [-0.1, -0.05) is 0 Å². The van der Waals surface area contributed by atoms with E-state index in [0.717, 1.165) is 38.6 Å². The molecule has 5 unspecified atom stereocenters. The minimum atomic E-state index is -0.744. The topological polar surface area (TPSA) is 78.4 Å². The van der Waals surface area contributed by atoms with Gasteiger partial charge < -0.3 is 15.7 Å². The van der Waals surface area contributed by atoms with Crippen molar-refractivity contribution in [3.05, 3.63) is 0 Å². The molecular formula is C13H20N2O3. The number of carbonyl (C=O) groups is 2. The minimum Gasteiger partial charge on any atom is -0.481 e. The van der Waals surface area contributed by atoms with E-state index in [0.29, 0.717) is 5.92 Å². The van der Waals surface area contributed by atoms with Crippen molar-refractivity contribution in [3.63, 3.8) is 0 Å². The van der Waals surface area contributed by atoms with Gasteiger partial charge in [-0.3, -0.25) is 9.59 Å². The summed E-state index contributed by atoms with van der Waals surface area (Å²) in [6, 6.07) is -0.255. The zero-order valence-corrected chi connectivity index (χ0v) is 10.4. The number of nitrogens with one attached hydrogen (secondary N) is 2. The van der Waals surface area contributed by atoms with Crippen LogP contribution < -0.4 is 10.6 Å². The Morgan fingerprint density at radius 2 is 1.94 bits per heavy atom. The summed E-state index contributed by atoms with van der Waals surface area (Å²) in [5.74, 6) is -0.465. The molecule has 0 spiro atoms. The molecule has 1 saturated heterocycles. The summed E-state index contributed by atoms with van der Waals surface area (Å²) >= 11 is 0. The van der Waals surface area contributed by atoms with Crippen molar-refractivity contribution in [1.82, 2.24) is 10.6 Å². The number of fused-ring (bicyclic) bond motifs is 2. The predicted octanol–water partition coefficient (Wildman–Crippen LogP) is 0.354. The molecule has 5 nitrogen and oxygen atoms in total. The summed E-state index contributed by atoms with van der Waals surface area (Å²) in [6.45, 7) is 0.886. The molecule has 18 heavy (non-hydrogen) atoms. The van der Waals surface area contributed by atoms with E-state index >= 15 is 0 Å². The molecule has 5 atom stereocenters. The molecule has 1 heterocycles. The van der Waals surface area contributed by atoms with Crippen molar-refractivity contribution in [2.45, 2.75) is 44.2 Å². The maximum Gasteiger partial charge on any atom is 0.308 e. The molecule has 0 aromatic carbocycles. The van der Waals surface area contributed by atoms with Gasteiger partial charge >= 0.3 is 5.97 Å². The standard InChI is InChI=1S/C13H20N2O3/c16-12(9-2-1-5-14-9)15-11-8-4-3-7(6-8)10(11)13(17)18/h7-11,14H,1-6H2,(H,15,16)(H,17,18). The molecule has 1 aliphatic heterocycles. The van der Waals surface area contributed by atoms with E-state index in [1.54, 1.807) is 0 Å². The van der Waals surface area contributed by atoms with Gasteiger partial charge in [0.2, 0.25) is 5.91 Å². The van der Waals surface area contributed by atoms with E-state index in [-0.39, 0.29) is 29.8 Å². The first-order chi connectivity index (χ1) is 8.66. The lowest BCUT2D eigenvalue weighted by Crippen LogP contribution is -2.51. The second-order valence-corrected chi connectivity index (χ2v) is 5.88. The van der Waals surface area contributed by atoms with E-state index in [9.17, 15) is 14.7 Å². The van der Waals surface area contributed by atoms with Crippen LogP contribution in [0.1, 0.15) is 32.1 Å². The highest BCUT2D eigenvalue weighted by Crippen LogP contribution is 2.48. The molecule has 5 heteroatoms. The zero-order chi connectivity index (χ0) is 12.7. The molecule has 0 aromatic rings. The number of hydrogen-bond acceptors (Lipinski definition) is 3. The maximum absolute atomic E-state index is 12.1. The van der Waals surface area contributed by atoms with Crippen molar-refractivity contribution >= 4 is 11.9 Å². The molecule has 3 rings (SSSR count). The average molecular weight is 252 g/mol. The van der Waals surface area contributed by atoms with Crippen LogP contribution in [-0.2, 0) is 9.59 Å². The van der Waals surface area contributed by atoms with E-state index in [1.165, 1.54) is 0 Å². The van der Waals surface area contributed by atoms with Crippen LogP contribution in [0.4, 0.5) is 0 Å². The minimum absolute atomic E-state index is 0.00343. The van der Waals surface area contributed by atoms with Crippen LogP contribution in [0.2, 0.25) is 0 Å². The Morgan fingerprint density at radius 3 is 2.61 bits per heavy atom. The van der Waals surface area contributed by atoms with Crippen LogP contribution in [-0.4, -0.2) is 35.6 Å². The molecule has 3 aliphatic rings. The summed E-state index contributed by atoms with van der Waals surface area (Å²) in [7, 11) is 0. The molecule has 2 aliphatic carbocycles. The molecule has 0 radical (unpaired) electrons. The van der Waals surface area contributed by atoms with Crippen molar-refractivity contribution in [1.29, 1.82) is 0 Å². The van der Waals surface area contributed by atoms with Crippen molar-refractivity contribution < 1.29 is 14.7 Å². The molecular weight excluding hydrogens is 232 g/mol. The Morgan fingerprint density at radius 1 is 1.17 bits per heavy atom. The third kappa shape index (κ3) is 1.90. The second kappa shape index (κ2) is 4.53. The SMILES string of the molecule is O=C(NC1C2CCC(C2)C1C(=O)O)C1CCCN1. The summed E-state index contributed by atoms with van der Waals surface area (Å²) in [6.07, 6.45) is 4.94. The first-order valence-corrected chi connectivity index (χ1v) is 6.93. The van der Waals surface area contributed by atoms with Gasteiger partial charge in [0.05, 0.1) is 12.0 Å². The smallest absolute Gasteiger partial charge is 0.308 e. The van der Waals surface area contributed by atoms with Gasteiger partial charge in [0.1, 0.15) is 0 Å². The lowest BCUT2D eigenvalue weighted by Gasteiger charge is -2.29. The normalized spacial score (nSPS) is 42.1. The van der Waals surface area contributed by atoms with Gasteiger partial charge in [0, 0.05) is 6.04 Å². The Balaban J connectivity index is 1.67. The van der Waals surface area contributed by atoms with Crippen LogP contribution in [0.5, 0.6) is 0 Å². The maximum atomic E-state index is 12.1. The lowest BCUT2D eigenvalue weighted by atomic mass is 9.84. The predicted molar refractivity (Wildman–Crippen MR) is 64.9 cm³/mol. The number of aliphatic carboxylic acids is 1. The van der Waals surface area contributed by atoms with E-state index in [2.05, 4.69) is 10.6 Å². The van der Waals surface area contributed by atoms with Crippen molar-refractivity contribution in [2.24, 2.45) is 17.8 Å². The fourth-order valence-electron chi connectivity index (χ4n) is 4.03. The summed E-state index contributed by atoms with van der Waals surface area (Å²) in [5, 5.41) is 15.5. The number of amides is 1. The Hall–Kier alpha value is -1.10. The first kappa shape index (κ1) is 12.0. The summed E-state index contributed by atoms with van der Waals surface area (Å²) < 4.78 is 0. The Kier molecular flexibility index (Phi) is 3.01. The highest BCUT2D eigenvalue weighted by molar-refractivity contribution is 5.83. The molecule has 2 bridgehead atoms. The number of hydrogen-bond donors (Lipinski definition) is 3. The number of rotatable bonds is 3. The van der Waals surface area contributed by atoms with Gasteiger partial charge in [0.25, 0.3) is 0 Å². The van der Waals surface area contributed by atoms with Gasteiger partial charge in [0.15, 0.2) is 0 Å². The largest absolute Gasteiger partial charge is 0.481 e. The second-order valence-electron chi connectivity index (χ2n) is 5.88. The first-order valence-electron chi connectivity index (χ1n) is 6.93. The number of carboxylic acids is 1. The molecule has 3 N–H and O–H groups in total. The molecule has 1 amide bonds. The number of carbonyl (C=O) groups excluding carboxylic acids is 1. The van der Waals surface area contributed by atoms with Gasteiger partial charge in [-0.25, -0.2) is 0 Å². The van der Waals surface area contributed by atoms with Crippen LogP contribution in [0.3, 0.4) is 0 Å². The van der Waals surface area contributed by atoms with Crippen LogP contribution in [0, 0.1) is 17.8 Å². The molecule has 2 saturated carbocycles. The molecule has 3 fully saturated rings. The third-order valence-corrected chi connectivity index (χ3v) is 4.89. The fourth-order valence-corrected chi connectivity index (χ4v) is 4.03.